The Hall–Kier alpha value is -2.38. The highest BCUT2D eigenvalue weighted by molar-refractivity contribution is 5.87. The van der Waals surface area contributed by atoms with E-state index >= 15 is 0 Å². The Bertz CT molecular complexity index is 646. The molecule has 1 aromatic carbocycles. The Morgan fingerprint density at radius 1 is 1.20 bits per heavy atom. The van der Waals surface area contributed by atoms with Crippen molar-refractivity contribution in [2.75, 3.05) is 13.2 Å². The first kappa shape index (κ1) is 17.4. The summed E-state index contributed by atoms with van der Waals surface area (Å²) in [5.74, 6) is -0.475. The van der Waals surface area contributed by atoms with Gasteiger partial charge in [0.15, 0.2) is 6.10 Å². The molecule has 0 radical (unpaired) electrons. The zero-order valence-electron chi connectivity index (χ0n) is 14.0. The third-order valence-electron chi connectivity index (χ3n) is 4.13. The number of hydrogen-bond donors (Lipinski definition) is 1. The molecule has 0 spiro atoms. The predicted octanol–water partition coefficient (Wildman–Crippen LogP) is 1.57. The van der Waals surface area contributed by atoms with Crippen LogP contribution in [0.25, 0.3) is 0 Å². The molecule has 3 rings (SSSR count). The zero-order valence-corrected chi connectivity index (χ0v) is 14.0. The standard InChI is InChI=1S/C18H21NO6/c1-11(2)17(20)25-14-10-23-15-13(9-22-16(14)15)19-18(21)24-8-12-6-4-3-5-7-12/h3-7,13-16H,1,8-10H2,2H3,(H,19,21)/t13-,14-,15-,16-/m1/s1. The molecule has 2 aliphatic heterocycles. The van der Waals surface area contributed by atoms with Crippen LogP contribution in [0.2, 0.25) is 0 Å². The minimum absolute atomic E-state index is 0.189. The van der Waals surface area contributed by atoms with E-state index in [0.29, 0.717) is 5.57 Å². The molecular formula is C18H21NO6. The lowest BCUT2D eigenvalue weighted by atomic mass is 10.1. The molecule has 0 aromatic heterocycles. The van der Waals surface area contributed by atoms with E-state index in [0.717, 1.165) is 5.56 Å². The van der Waals surface area contributed by atoms with Gasteiger partial charge in [-0.3, -0.25) is 0 Å². The van der Waals surface area contributed by atoms with E-state index in [1.54, 1.807) is 6.92 Å². The van der Waals surface area contributed by atoms with E-state index < -0.39 is 24.3 Å². The molecule has 2 saturated heterocycles. The number of rotatable bonds is 5. The second-order valence-corrected chi connectivity index (χ2v) is 6.13. The summed E-state index contributed by atoms with van der Waals surface area (Å²) in [4.78, 5) is 23.6. The van der Waals surface area contributed by atoms with Gasteiger partial charge in [-0.2, -0.15) is 0 Å². The van der Waals surface area contributed by atoms with Crippen LogP contribution in [-0.4, -0.2) is 49.6 Å². The van der Waals surface area contributed by atoms with E-state index in [9.17, 15) is 9.59 Å². The Balaban J connectivity index is 1.48. The molecule has 134 valence electrons. The van der Waals surface area contributed by atoms with Crippen LogP contribution in [0.4, 0.5) is 4.79 Å². The largest absolute Gasteiger partial charge is 0.454 e. The monoisotopic (exact) mass is 347 g/mol. The van der Waals surface area contributed by atoms with Crippen molar-refractivity contribution in [3.63, 3.8) is 0 Å². The van der Waals surface area contributed by atoms with Gasteiger partial charge in [-0.15, -0.1) is 0 Å². The first-order valence-corrected chi connectivity index (χ1v) is 8.11. The minimum atomic E-state index is -0.538. The topological polar surface area (TPSA) is 83.1 Å². The Morgan fingerprint density at radius 2 is 1.92 bits per heavy atom. The van der Waals surface area contributed by atoms with Crippen molar-refractivity contribution in [2.45, 2.75) is 37.9 Å². The third kappa shape index (κ3) is 4.18. The number of esters is 1. The molecule has 0 saturated carbocycles. The summed E-state index contributed by atoms with van der Waals surface area (Å²) >= 11 is 0. The summed E-state index contributed by atoms with van der Waals surface area (Å²) in [5, 5.41) is 2.75. The molecule has 0 bridgehead atoms. The number of alkyl carbamates (subject to hydrolysis) is 1. The molecule has 1 amide bonds. The highest BCUT2D eigenvalue weighted by atomic mass is 16.6. The SMILES string of the molecule is C=C(C)C(=O)O[C@@H]1CO[C@H]2[C@@H]1OC[C@H]2NC(=O)OCc1ccccc1. The maximum atomic E-state index is 12.0. The van der Waals surface area contributed by atoms with Crippen LogP contribution >= 0.6 is 0 Å². The average molecular weight is 347 g/mol. The average Bonchev–Trinajstić information content (AvgIpc) is 3.18. The van der Waals surface area contributed by atoms with Crippen molar-refractivity contribution < 1.29 is 28.5 Å². The third-order valence-corrected chi connectivity index (χ3v) is 4.13. The van der Waals surface area contributed by atoms with Gasteiger partial charge < -0.3 is 24.3 Å². The lowest BCUT2D eigenvalue weighted by Gasteiger charge is -2.17. The van der Waals surface area contributed by atoms with Crippen molar-refractivity contribution in [2.24, 2.45) is 0 Å². The Labute approximate surface area is 145 Å². The first-order chi connectivity index (χ1) is 12.0. The lowest BCUT2D eigenvalue weighted by Crippen LogP contribution is -2.44. The van der Waals surface area contributed by atoms with Crippen LogP contribution in [0.15, 0.2) is 42.5 Å². The fourth-order valence-electron chi connectivity index (χ4n) is 2.84. The molecule has 0 unspecified atom stereocenters. The summed E-state index contributed by atoms with van der Waals surface area (Å²) in [6, 6.07) is 9.07. The summed E-state index contributed by atoms with van der Waals surface area (Å²) in [6.07, 6.45) is -1.81. The van der Waals surface area contributed by atoms with Crippen molar-refractivity contribution in [3.8, 4) is 0 Å². The number of amides is 1. The molecule has 4 atom stereocenters. The van der Waals surface area contributed by atoms with Gasteiger partial charge >= 0.3 is 12.1 Å². The number of nitrogens with one attached hydrogen (secondary N) is 1. The van der Waals surface area contributed by atoms with Gasteiger partial charge in [0.25, 0.3) is 0 Å². The number of carbonyl (C=O) groups is 2. The molecule has 25 heavy (non-hydrogen) atoms. The number of benzene rings is 1. The molecule has 7 heteroatoms. The molecular weight excluding hydrogens is 326 g/mol. The number of carbonyl (C=O) groups excluding carboxylic acids is 2. The molecule has 2 heterocycles. The zero-order chi connectivity index (χ0) is 17.8. The van der Waals surface area contributed by atoms with Gasteiger partial charge in [0.1, 0.15) is 18.8 Å². The molecule has 7 nitrogen and oxygen atoms in total. The fraction of sp³-hybridized carbons (Fsp3) is 0.444. The first-order valence-electron chi connectivity index (χ1n) is 8.11. The molecule has 2 fully saturated rings. The van der Waals surface area contributed by atoms with Crippen molar-refractivity contribution in [1.29, 1.82) is 0 Å². The van der Waals surface area contributed by atoms with Crippen LogP contribution in [0.1, 0.15) is 12.5 Å². The smallest absolute Gasteiger partial charge is 0.407 e. The summed E-state index contributed by atoms with van der Waals surface area (Å²) in [6.45, 7) is 5.83. The maximum Gasteiger partial charge on any atom is 0.407 e. The van der Waals surface area contributed by atoms with E-state index in [2.05, 4.69) is 11.9 Å². The number of fused-ring (bicyclic) bond motifs is 1. The highest BCUT2D eigenvalue weighted by Gasteiger charge is 2.50. The second kappa shape index (κ2) is 7.67. The van der Waals surface area contributed by atoms with Gasteiger partial charge in [-0.05, 0) is 12.5 Å². The van der Waals surface area contributed by atoms with Crippen LogP contribution < -0.4 is 5.32 Å². The molecule has 1 N–H and O–H groups in total. The van der Waals surface area contributed by atoms with Gasteiger partial charge in [0.2, 0.25) is 0 Å². The Kier molecular flexibility index (Phi) is 5.35. The van der Waals surface area contributed by atoms with E-state index in [1.807, 2.05) is 30.3 Å². The van der Waals surface area contributed by atoms with Crippen LogP contribution in [0.3, 0.4) is 0 Å². The lowest BCUT2D eigenvalue weighted by molar-refractivity contribution is -0.148. The minimum Gasteiger partial charge on any atom is -0.454 e. The van der Waals surface area contributed by atoms with E-state index in [-0.39, 0.29) is 32.0 Å². The van der Waals surface area contributed by atoms with Gasteiger partial charge in [0, 0.05) is 5.57 Å². The summed E-state index contributed by atoms with van der Waals surface area (Å²) in [7, 11) is 0. The molecule has 0 aliphatic carbocycles. The normalized spacial score (nSPS) is 27.4. The quantitative estimate of drug-likeness (QED) is 0.643. The predicted molar refractivity (Wildman–Crippen MR) is 87.7 cm³/mol. The van der Waals surface area contributed by atoms with Crippen LogP contribution in [0.5, 0.6) is 0 Å². The fourth-order valence-corrected chi connectivity index (χ4v) is 2.84. The van der Waals surface area contributed by atoms with Gasteiger partial charge in [0.05, 0.1) is 19.3 Å². The Morgan fingerprint density at radius 3 is 2.64 bits per heavy atom. The summed E-state index contributed by atoms with van der Waals surface area (Å²) < 4.78 is 21.8. The van der Waals surface area contributed by atoms with E-state index in [1.165, 1.54) is 0 Å². The van der Waals surface area contributed by atoms with E-state index in [4.69, 9.17) is 18.9 Å². The molecule has 1 aromatic rings. The van der Waals surface area contributed by atoms with Crippen molar-refractivity contribution in [1.82, 2.24) is 5.32 Å². The number of hydrogen-bond acceptors (Lipinski definition) is 6. The van der Waals surface area contributed by atoms with Crippen LogP contribution in [0, 0.1) is 0 Å². The van der Waals surface area contributed by atoms with Gasteiger partial charge in [-0.25, -0.2) is 9.59 Å². The summed E-state index contributed by atoms with van der Waals surface area (Å²) in [5.41, 5.74) is 1.22. The highest BCUT2D eigenvalue weighted by Crippen LogP contribution is 2.29. The van der Waals surface area contributed by atoms with Crippen LogP contribution in [-0.2, 0) is 30.3 Å². The maximum absolute atomic E-state index is 12.0. The van der Waals surface area contributed by atoms with Crippen molar-refractivity contribution in [3.05, 3.63) is 48.0 Å². The molecule has 2 aliphatic rings. The second-order valence-electron chi connectivity index (χ2n) is 6.13. The van der Waals surface area contributed by atoms with Crippen molar-refractivity contribution >= 4 is 12.1 Å². The van der Waals surface area contributed by atoms with Gasteiger partial charge in [-0.1, -0.05) is 36.9 Å². The number of ether oxygens (including phenoxy) is 4.